The summed E-state index contributed by atoms with van der Waals surface area (Å²) in [6.45, 7) is 1.95. The highest BCUT2D eigenvalue weighted by Crippen LogP contribution is 2.53. The van der Waals surface area contributed by atoms with Gasteiger partial charge < -0.3 is 20.0 Å². The first-order chi connectivity index (χ1) is 29.6. The largest absolute Gasteiger partial charge is 0.364 e. The van der Waals surface area contributed by atoms with Crippen molar-refractivity contribution >= 4 is 51.6 Å². The number of alkyl halides is 4. The predicted molar refractivity (Wildman–Crippen MR) is 222 cm³/mol. The number of nitrogens with zero attached hydrogens (tertiary/aromatic N) is 10. The maximum Gasteiger partial charge on any atom is 0.329 e. The number of imide groups is 1. The third-order valence-electron chi connectivity index (χ3n) is 13.2. The van der Waals surface area contributed by atoms with Gasteiger partial charge >= 0.3 is 5.69 Å². The molecule has 10 rings (SSSR count). The number of imidazole rings is 1. The topological polar surface area (TPSA) is 160 Å². The standard InChI is InChI=1S/C22H25F2N7O.C20H25F2N5O3/c23-19(24)18-16(11-31(28-18)14-4-2-1-3-5-14)26-21(32)15-10-25-30-9-6-17(27-20(15)30)29-12-22(13-29)7-8-22;1-24(2)15-9-10-26(11-20(15,21)22)12-5-4-6-13-17(12)25(3)19(30)27(13)14-7-8-16(28)23-18(14)29/h6,9-11,14,19H,1-5,7-8,12-13H2,(H,26,32);4-6,14-15H,7-11H2,1-3H3,(H,23,28,29). The van der Waals surface area contributed by atoms with Gasteiger partial charge in [-0.15, -0.1) is 0 Å². The average molecular weight is 863 g/mol. The number of nitrogens with one attached hydrogen (secondary N) is 2. The Morgan fingerprint density at radius 1 is 0.984 bits per heavy atom. The number of para-hydroxylation sites is 1. The van der Waals surface area contributed by atoms with Crippen LogP contribution in [0.3, 0.4) is 0 Å². The van der Waals surface area contributed by atoms with Gasteiger partial charge in [-0.25, -0.2) is 31.9 Å². The molecule has 20 heteroatoms. The number of carbonyl (C=O) groups is 3. The quantitative estimate of drug-likeness (QED) is 0.155. The summed E-state index contributed by atoms with van der Waals surface area (Å²) in [4.78, 5) is 59.9. The van der Waals surface area contributed by atoms with Crippen molar-refractivity contribution in [2.75, 3.05) is 55.4 Å². The van der Waals surface area contributed by atoms with E-state index >= 15 is 0 Å². The van der Waals surface area contributed by atoms with Crippen LogP contribution >= 0.6 is 0 Å². The van der Waals surface area contributed by atoms with Crippen LogP contribution in [0.15, 0.2) is 47.7 Å². The van der Waals surface area contributed by atoms with E-state index in [1.54, 1.807) is 60.0 Å². The molecule has 5 fully saturated rings. The highest BCUT2D eigenvalue weighted by molar-refractivity contribution is 6.08. The van der Waals surface area contributed by atoms with E-state index in [0.29, 0.717) is 34.3 Å². The predicted octanol–water partition coefficient (Wildman–Crippen LogP) is 5.31. The van der Waals surface area contributed by atoms with Gasteiger partial charge in [0.05, 0.1) is 47.2 Å². The van der Waals surface area contributed by atoms with Crippen molar-refractivity contribution in [1.29, 1.82) is 0 Å². The summed E-state index contributed by atoms with van der Waals surface area (Å²) in [6.07, 6.45) is 10.3. The van der Waals surface area contributed by atoms with Crippen LogP contribution in [0.1, 0.15) is 98.8 Å². The highest BCUT2D eigenvalue weighted by Gasteiger charge is 2.52. The van der Waals surface area contributed by atoms with Gasteiger partial charge in [0.25, 0.3) is 18.3 Å². The summed E-state index contributed by atoms with van der Waals surface area (Å²) < 4.78 is 62.7. The maximum atomic E-state index is 14.8. The van der Waals surface area contributed by atoms with Crippen molar-refractivity contribution in [3.05, 3.63) is 64.6 Å². The number of amides is 3. The Labute approximate surface area is 353 Å². The molecule has 5 aromatic rings. The maximum absolute atomic E-state index is 14.8. The van der Waals surface area contributed by atoms with Crippen molar-refractivity contribution in [1.82, 2.24) is 43.7 Å². The first-order valence-corrected chi connectivity index (χ1v) is 21.2. The Hall–Kier alpha value is -5.79. The van der Waals surface area contributed by atoms with Crippen molar-refractivity contribution in [2.24, 2.45) is 12.5 Å². The molecule has 3 amide bonds. The number of anilines is 3. The zero-order chi connectivity index (χ0) is 43.7. The minimum atomic E-state index is -2.91. The van der Waals surface area contributed by atoms with E-state index in [0.717, 1.165) is 51.0 Å². The Bertz CT molecular complexity index is 2600. The Morgan fingerprint density at radius 3 is 2.42 bits per heavy atom. The molecule has 330 valence electrons. The number of aryl methyl sites for hydroxylation is 1. The second kappa shape index (κ2) is 15.8. The van der Waals surface area contributed by atoms with Gasteiger partial charge in [0.15, 0.2) is 11.3 Å². The van der Waals surface area contributed by atoms with Gasteiger partial charge in [-0.2, -0.15) is 10.2 Å². The summed E-state index contributed by atoms with van der Waals surface area (Å²) in [6, 6.07) is 5.46. The molecule has 3 aliphatic heterocycles. The summed E-state index contributed by atoms with van der Waals surface area (Å²) >= 11 is 0. The minimum absolute atomic E-state index is 0.0458. The highest BCUT2D eigenvalue weighted by atomic mass is 19.3. The van der Waals surface area contributed by atoms with Crippen LogP contribution in [0.4, 0.5) is 34.8 Å². The number of carbonyl (C=O) groups excluding carboxylic acids is 3. The third-order valence-corrected chi connectivity index (χ3v) is 13.2. The number of piperidine rings is 2. The SMILES string of the molecule is CN(C)C1CCN(c2cccc3c2n(C)c(=O)n3C2CCC(=O)NC2=O)CC1(F)F.O=C(Nc1cn(C2CCCCC2)nc1C(F)F)c1cnn2ccc(N3CC4(CC4)C3)nc12. The molecule has 2 aliphatic carbocycles. The number of aromatic nitrogens is 7. The van der Waals surface area contributed by atoms with Crippen LogP contribution in [-0.4, -0.2) is 108 Å². The molecule has 62 heavy (non-hydrogen) atoms. The molecule has 0 bridgehead atoms. The van der Waals surface area contributed by atoms with E-state index in [1.165, 1.54) is 38.9 Å². The second-order valence-electron chi connectivity index (χ2n) is 17.7. The second-order valence-corrected chi connectivity index (χ2v) is 17.7. The van der Waals surface area contributed by atoms with Gasteiger partial charge in [0, 0.05) is 50.9 Å². The smallest absolute Gasteiger partial charge is 0.329 e. The monoisotopic (exact) mass is 862 g/mol. The molecule has 2 N–H and O–H groups in total. The van der Waals surface area contributed by atoms with E-state index in [2.05, 4.69) is 30.7 Å². The molecule has 2 saturated carbocycles. The van der Waals surface area contributed by atoms with E-state index in [9.17, 15) is 36.7 Å². The molecule has 5 aliphatic rings. The number of hydrogen-bond donors (Lipinski definition) is 2. The van der Waals surface area contributed by atoms with Gasteiger partial charge in [0.1, 0.15) is 17.4 Å². The van der Waals surface area contributed by atoms with Crippen molar-refractivity contribution < 1.29 is 31.9 Å². The van der Waals surface area contributed by atoms with Gasteiger partial charge in [-0.3, -0.25) is 33.5 Å². The fourth-order valence-corrected chi connectivity index (χ4v) is 9.67. The lowest BCUT2D eigenvalue weighted by atomic mass is 9.96. The molecule has 2 atom stereocenters. The molecule has 0 radical (unpaired) electrons. The molecule has 4 aromatic heterocycles. The van der Waals surface area contributed by atoms with E-state index in [4.69, 9.17) is 0 Å². The first-order valence-electron chi connectivity index (χ1n) is 21.2. The average Bonchev–Trinajstić information content (AvgIpc) is 3.64. The Kier molecular flexibility index (Phi) is 10.6. The Morgan fingerprint density at radius 2 is 1.74 bits per heavy atom. The lowest BCUT2D eigenvalue weighted by Gasteiger charge is -2.42. The van der Waals surface area contributed by atoms with Crippen LogP contribution in [0, 0.1) is 5.41 Å². The van der Waals surface area contributed by atoms with E-state index < -0.39 is 54.2 Å². The summed E-state index contributed by atoms with van der Waals surface area (Å²) in [5.74, 6) is -3.50. The zero-order valence-corrected chi connectivity index (χ0v) is 34.9. The zero-order valence-electron chi connectivity index (χ0n) is 34.9. The van der Waals surface area contributed by atoms with Crippen LogP contribution in [0.25, 0.3) is 16.7 Å². The number of benzene rings is 1. The minimum Gasteiger partial charge on any atom is -0.364 e. The third kappa shape index (κ3) is 7.59. The molecule has 16 nitrogen and oxygen atoms in total. The Balaban J connectivity index is 0.000000159. The number of hydrogen-bond acceptors (Lipinski definition) is 10. The fourth-order valence-electron chi connectivity index (χ4n) is 9.67. The van der Waals surface area contributed by atoms with E-state index in [1.807, 2.05) is 6.07 Å². The molecular formula is C42H50F4N12O4. The van der Waals surface area contributed by atoms with Gasteiger partial charge in [-0.1, -0.05) is 25.3 Å². The fraction of sp³-hybridized carbons (Fsp3) is 0.548. The summed E-state index contributed by atoms with van der Waals surface area (Å²) in [7, 11) is 4.87. The number of halogens is 4. The van der Waals surface area contributed by atoms with Crippen LogP contribution in [0.2, 0.25) is 0 Å². The normalized spacial score (nSPS) is 22.3. The van der Waals surface area contributed by atoms with Crippen molar-refractivity contribution in [3.8, 4) is 0 Å². The first kappa shape index (κ1) is 41.6. The molecule has 7 heterocycles. The molecule has 1 aromatic carbocycles. The molecule has 1 spiro atoms. The van der Waals surface area contributed by atoms with Crippen LogP contribution in [-0.2, 0) is 16.6 Å². The molecular weight excluding hydrogens is 813 g/mol. The van der Waals surface area contributed by atoms with Crippen molar-refractivity contribution in [2.45, 2.75) is 94.7 Å². The van der Waals surface area contributed by atoms with Gasteiger partial charge in [0.2, 0.25) is 11.8 Å². The molecule has 2 unspecified atom stereocenters. The van der Waals surface area contributed by atoms with Crippen LogP contribution < -0.4 is 26.1 Å². The van der Waals surface area contributed by atoms with E-state index in [-0.39, 0.29) is 42.5 Å². The summed E-state index contributed by atoms with van der Waals surface area (Å²) in [5.41, 5.74) is 1.91. The summed E-state index contributed by atoms with van der Waals surface area (Å²) in [5, 5.41) is 13.2. The van der Waals surface area contributed by atoms with Gasteiger partial charge in [-0.05, 0) is 70.8 Å². The van der Waals surface area contributed by atoms with Crippen LogP contribution in [0.5, 0.6) is 0 Å². The number of rotatable bonds is 8. The number of fused-ring (bicyclic) bond motifs is 2. The van der Waals surface area contributed by atoms with Crippen molar-refractivity contribution in [3.63, 3.8) is 0 Å². The lowest BCUT2D eigenvalue weighted by Crippen LogP contribution is -2.56. The molecule has 3 saturated heterocycles. The lowest BCUT2D eigenvalue weighted by molar-refractivity contribution is -0.135.